The van der Waals surface area contributed by atoms with Crippen molar-refractivity contribution in [3.8, 4) is 5.95 Å². The zero-order valence-electron chi connectivity index (χ0n) is 14.5. The molecule has 0 spiro atoms. The Morgan fingerprint density at radius 2 is 1.30 bits per heavy atom. The molecule has 0 N–H and O–H groups in total. The molecule has 6 rings (SSSR count). The van der Waals surface area contributed by atoms with E-state index in [1.165, 1.54) is 21.5 Å². The number of nitrogens with zero attached hydrogens (tertiary/aromatic N) is 3. The Kier molecular flexibility index (Phi) is 2.88. The maximum atomic E-state index is 4.85. The second-order valence-electron chi connectivity index (χ2n) is 6.80. The van der Waals surface area contributed by atoms with E-state index in [0.717, 1.165) is 21.9 Å². The van der Waals surface area contributed by atoms with Crippen LogP contribution in [0, 0.1) is 0 Å². The summed E-state index contributed by atoms with van der Waals surface area (Å²) in [5, 5.41) is 5.95. The van der Waals surface area contributed by atoms with E-state index in [9.17, 15) is 0 Å². The minimum absolute atomic E-state index is 0.704. The van der Waals surface area contributed by atoms with Gasteiger partial charge in [0.15, 0.2) is 0 Å². The van der Waals surface area contributed by atoms with Crippen LogP contribution < -0.4 is 0 Å². The molecule has 0 fully saturated rings. The standard InChI is InChI=1S/C24H15N3/c1-2-8-17-14-23-20(13-16(17)7-1)19-10-4-6-12-22(19)27(23)24-25-15-18-9-3-5-11-21(18)26-24/h1-15H. The molecule has 126 valence electrons. The van der Waals surface area contributed by atoms with E-state index >= 15 is 0 Å². The van der Waals surface area contributed by atoms with E-state index in [-0.39, 0.29) is 0 Å². The number of aromatic nitrogens is 3. The number of fused-ring (bicyclic) bond motifs is 5. The first-order valence-electron chi connectivity index (χ1n) is 9.03. The van der Waals surface area contributed by atoms with Gasteiger partial charge in [0.2, 0.25) is 5.95 Å². The predicted molar refractivity (Wildman–Crippen MR) is 111 cm³/mol. The molecule has 0 unspecified atom stereocenters. The molecule has 4 aromatic carbocycles. The van der Waals surface area contributed by atoms with Crippen molar-refractivity contribution in [3.05, 3.63) is 91.1 Å². The van der Waals surface area contributed by atoms with Gasteiger partial charge in [-0.25, -0.2) is 9.97 Å². The van der Waals surface area contributed by atoms with Crippen molar-refractivity contribution >= 4 is 43.5 Å². The molecule has 0 amide bonds. The van der Waals surface area contributed by atoms with E-state index in [1.807, 2.05) is 30.5 Å². The third kappa shape index (κ3) is 2.09. The number of hydrogen-bond acceptors (Lipinski definition) is 2. The van der Waals surface area contributed by atoms with Gasteiger partial charge in [-0.05, 0) is 35.0 Å². The lowest BCUT2D eigenvalue weighted by molar-refractivity contribution is 1.01. The van der Waals surface area contributed by atoms with Crippen molar-refractivity contribution < 1.29 is 0 Å². The summed E-state index contributed by atoms with van der Waals surface area (Å²) in [6.07, 6.45) is 1.90. The highest BCUT2D eigenvalue weighted by atomic mass is 15.2. The lowest BCUT2D eigenvalue weighted by atomic mass is 10.1. The highest BCUT2D eigenvalue weighted by molar-refractivity contribution is 6.13. The number of hydrogen-bond donors (Lipinski definition) is 0. The molecule has 0 aliphatic carbocycles. The first-order valence-corrected chi connectivity index (χ1v) is 9.03. The molecule has 3 heteroatoms. The van der Waals surface area contributed by atoms with Crippen molar-refractivity contribution in [2.45, 2.75) is 0 Å². The maximum absolute atomic E-state index is 4.85. The highest BCUT2D eigenvalue weighted by Crippen LogP contribution is 2.34. The van der Waals surface area contributed by atoms with Crippen molar-refractivity contribution in [3.63, 3.8) is 0 Å². The summed E-state index contributed by atoms with van der Waals surface area (Å²) in [7, 11) is 0. The molecule has 2 heterocycles. The van der Waals surface area contributed by atoms with Gasteiger partial charge in [0.05, 0.1) is 16.6 Å². The quantitative estimate of drug-likeness (QED) is 0.372. The summed E-state index contributed by atoms with van der Waals surface area (Å²) in [6.45, 7) is 0. The van der Waals surface area contributed by atoms with Gasteiger partial charge in [-0.1, -0.05) is 60.7 Å². The Morgan fingerprint density at radius 3 is 2.19 bits per heavy atom. The van der Waals surface area contributed by atoms with Crippen molar-refractivity contribution in [2.75, 3.05) is 0 Å². The molecule has 0 aliphatic heterocycles. The fourth-order valence-corrected chi connectivity index (χ4v) is 3.94. The predicted octanol–water partition coefficient (Wildman–Crippen LogP) is 5.88. The van der Waals surface area contributed by atoms with E-state index in [1.54, 1.807) is 0 Å². The number of rotatable bonds is 1. The molecule has 0 bridgehead atoms. The second kappa shape index (κ2) is 5.39. The molecule has 3 nitrogen and oxygen atoms in total. The Hall–Kier alpha value is -3.72. The van der Waals surface area contributed by atoms with Gasteiger partial charge >= 0.3 is 0 Å². The maximum Gasteiger partial charge on any atom is 0.235 e. The van der Waals surface area contributed by atoms with E-state index < -0.39 is 0 Å². The third-order valence-electron chi connectivity index (χ3n) is 5.22. The molecule has 0 saturated heterocycles. The number of benzene rings is 4. The zero-order valence-corrected chi connectivity index (χ0v) is 14.5. The Balaban J connectivity index is 1.79. The van der Waals surface area contributed by atoms with E-state index in [0.29, 0.717) is 5.95 Å². The Bertz CT molecular complexity index is 1480. The molecule has 0 saturated carbocycles. The summed E-state index contributed by atoms with van der Waals surface area (Å²) in [6, 6.07) is 29.5. The van der Waals surface area contributed by atoms with E-state index in [4.69, 9.17) is 4.98 Å². The average Bonchev–Trinajstić information content (AvgIpc) is 3.05. The molecule has 27 heavy (non-hydrogen) atoms. The minimum atomic E-state index is 0.704. The lowest BCUT2D eigenvalue weighted by Gasteiger charge is -2.07. The van der Waals surface area contributed by atoms with Crippen molar-refractivity contribution in [1.29, 1.82) is 0 Å². The summed E-state index contributed by atoms with van der Waals surface area (Å²) in [5.41, 5.74) is 3.21. The summed E-state index contributed by atoms with van der Waals surface area (Å²) < 4.78 is 2.17. The Labute approximate surface area is 155 Å². The zero-order chi connectivity index (χ0) is 17.8. The SMILES string of the molecule is c1ccc2cc3c(cc2c1)c1ccccc1n3-c1ncc2ccccc2n1. The number of para-hydroxylation sites is 2. The molecular formula is C24H15N3. The first kappa shape index (κ1) is 14.4. The summed E-state index contributed by atoms with van der Waals surface area (Å²) in [5.74, 6) is 0.704. The van der Waals surface area contributed by atoms with Gasteiger partial charge < -0.3 is 0 Å². The van der Waals surface area contributed by atoms with Gasteiger partial charge in [0, 0.05) is 22.4 Å². The molecule has 0 aliphatic rings. The van der Waals surface area contributed by atoms with Crippen LogP contribution in [0.4, 0.5) is 0 Å². The summed E-state index contributed by atoms with van der Waals surface area (Å²) in [4.78, 5) is 9.53. The van der Waals surface area contributed by atoms with Gasteiger partial charge in [-0.3, -0.25) is 4.57 Å². The fourth-order valence-electron chi connectivity index (χ4n) is 3.94. The van der Waals surface area contributed by atoms with Crippen LogP contribution in [0.2, 0.25) is 0 Å². The Morgan fingerprint density at radius 1 is 0.593 bits per heavy atom. The van der Waals surface area contributed by atoms with Crippen LogP contribution in [0.15, 0.2) is 91.1 Å². The summed E-state index contributed by atoms with van der Waals surface area (Å²) >= 11 is 0. The average molecular weight is 345 g/mol. The highest BCUT2D eigenvalue weighted by Gasteiger charge is 2.14. The molecule has 0 radical (unpaired) electrons. The van der Waals surface area contributed by atoms with E-state index in [2.05, 4.69) is 70.2 Å². The van der Waals surface area contributed by atoms with Gasteiger partial charge in [0.1, 0.15) is 0 Å². The first-order chi connectivity index (χ1) is 13.4. The van der Waals surface area contributed by atoms with Gasteiger partial charge in [-0.15, -0.1) is 0 Å². The smallest absolute Gasteiger partial charge is 0.235 e. The largest absolute Gasteiger partial charge is 0.278 e. The van der Waals surface area contributed by atoms with Crippen LogP contribution in [-0.2, 0) is 0 Å². The molecule has 6 aromatic rings. The van der Waals surface area contributed by atoms with Crippen LogP contribution >= 0.6 is 0 Å². The lowest BCUT2D eigenvalue weighted by Crippen LogP contribution is -2.00. The van der Waals surface area contributed by atoms with Crippen LogP contribution in [-0.4, -0.2) is 14.5 Å². The van der Waals surface area contributed by atoms with Crippen LogP contribution in [0.1, 0.15) is 0 Å². The normalized spacial score (nSPS) is 11.7. The second-order valence-corrected chi connectivity index (χ2v) is 6.80. The van der Waals surface area contributed by atoms with Gasteiger partial charge in [0.25, 0.3) is 0 Å². The van der Waals surface area contributed by atoms with Crippen LogP contribution in [0.3, 0.4) is 0 Å². The topological polar surface area (TPSA) is 30.7 Å². The fraction of sp³-hybridized carbons (Fsp3) is 0. The van der Waals surface area contributed by atoms with Crippen molar-refractivity contribution in [2.24, 2.45) is 0 Å². The molecule has 2 aromatic heterocycles. The monoisotopic (exact) mass is 345 g/mol. The molecule has 0 atom stereocenters. The third-order valence-corrected chi connectivity index (χ3v) is 5.22. The van der Waals surface area contributed by atoms with Crippen LogP contribution in [0.25, 0.3) is 49.4 Å². The molecular weight excluding hydrogens is 330 g/mol. The van der Waals surface area contributed by atoms with Crippen molar-refractivity contribution in [1.82, 2.24) is 14.5 Å². The minimum Gasteiger partial charge on any atom is -0.278 e. The van der Waals surface area contributed by atoms with Gasteiger partial charge in [-0.2, -0.15) is 0 Å². The van der Waals surface area contributed by atoms with Crippen LogP contribution in [0.5, 0.6) is 0 Å².